The van der Waals surface area contributed by atoms with Crippen LogP contribution in [-0.2, 0) is 13.6 Å². The Morgan fingerprint density at radius 2 is 2.36 bits per heavy atom. The summed E-state index contributed by atoms with van der Waals surface area (Å²) in [6.07, 6.45) is 1.77. The largest absolute Gasteiger partial charge is 0.361 e. The number of rotatable bonds is 3. The van der Waals surface area contributed by atoms with Crippen LogP contribution in [0.5, 0.6) is 0 Å². The van der Waals surface area contributed by atoms with E-state index in [2.05, 4.69) is 29.6 Å². The lowest BCUT2D eigenvalue weighted by atomic mass is 10.4. The Balaban J connectivity index is 2.34. The number of hydrogen-bond acceptors (Lipinski definition) is 2. The molecule has 2 N–H and O–H groups in total. The van der Waals surface area contributed by atoms with Crippen LogP contribution in [0.25, 0.3) is 0 Å². The van der Waals surface area contributed by atoms with Gasteiger partial charge in [0.05, 0.1) is 12.2 Å². The van der Waals surface area contributed by atoms with Gasteiger partial charge in [0.15, 0.2) is 5.11 Å². The molecule has 0 saturated carbocycles. The first-order chi connectivity index (χ1) is 6.59. The topological polar surface area (TPSA) is 41.9 Å². The van der Waals surface area contributed by atoms with Crippen LogP contribution in [0.3, 0.4) is 0 Å². The van der Waals surface area contributed by atoms with Crippen molar-refractivity contribution >= 4 is 17.3 Å². The van der Waals surface area contributed by atoms with Crippen LogP contribution in [0.2, 0.25) is 0 Å². The molecule has 1 aromatic rings. The van der Waals surface area contributed by atoms with Crippen LogP contribution in [-0.4, -0.2) is 20.9 Å². The summed E-state index contributed by atoms with van der Waals surface area (Å²) < 4.78 is 1.82. The maximum absolute atomic E-state index is 5.09. The molecule has 0 atom stereocenters. The highest BCUT2D eigenvalue weighted by atomic mass is 32.1. The van der Waals surface area contributed by atoms with E-state index >= 15 is 0 Å². The molecule has 1 heterocycles. The minimum absolute atomic E-state index is 0.363. The van der Waals surface area contributed by atoms with Crippen LogP contribution in [0.1, 0.15) is 19.5 Å². The molecule has 5 heteroatoms. The highest BCUT2D eigenvalue weighted by molar-refractivity contribution is 7.80. The quantitative estimate of drug-likeness (QED) is 0.727. The fourth-order valence-electron chi connectivity index (χ4n) is 1.06. The van der Waals surface area contributed by atoms with Gasteiger partial charge in [-0.3, -0.25) is 4.68 Å². The molecule has 1 aromatic heterocycles. The van der Waals surface area contributed by atoms with Gasteiger partial charge in [0.1, 0.15) is 0 Å². The highest BCUT2D eigenvalue weighted by Crippen LogP contribution is 1.94. The Morgan fingerprint density at radius 1 is 1.64 bits per heavy atom. The summed E-state index contributed by atoms with van der Waals surface area (Å²) in [6.45, 7) is 4.81. The van der Waals surface area contributed by atoms with Gasteiger partial charge in [-0.2, -0.15) is 5.10 Å². The molecule has 0 unspecified atom stereocenters. The van der Waals surface area contributed by atoms with E-state index in [0.29, 0.717) is 17.7 Å². The summed E-state index contributed by atoms with van der Waals surface area (Å²) in [5.41, 5.74) is 1.11. The lowest BCUT2D eigenvalue weighted by molar-refractivity contribution is 0.673. The highest BCUT2D eigenvalue weighted by Gasteiger charge is 2.00. The van der Waals surface area contributed by atoms with Crippen molar-refractivity contribution in [3.8, 4) is 0 Å². The molecule has 4 nitrogen and oxygen atoms in total. The van der Waals surface area contributed by atoms with Crippen LogP contribution in [0.15, 0.2) is 12.3 Å². The zero-order valence-electron chi connectivity index (χ0n) is 8.74. The third kappa shape index (κ3) is 3.33. The first-order valence-corrected chi connectivity index (χ1v) is 5.01. The minimum Gasteiger partial charge on any atom is -0.361 e. The molecule has 0 aliphatic rings. The zero-order valence-corrected chi connectivity index (χ0v) is 9.56. The van der Waals surface area contributed by atoms with Crippen molar-refractivity contribution < 1.29 is 0 Å². The second-order valence-electron chi connectivity index (χ2n) is 3.43. The molecule has 0 aliphatic heterocycles. The predicted octanol–water partition coefficient (Wildman–Crippen LogP) is 0.793. The van der Waals surface area contributed by atoms with E-state index in [4.69, 9.17) is 12.2 Å². The molecule has 0 aliphatic carbocycles. The number of nitrogens with one attached hydrogen (secondary N) is 2. The molecular formula is C9H16N4S. The Hall–Kier alpha value is -1.10. The van der Waals surface area contributed by atoms with E-state index in [1.165, 1.54) is 0 Å². The van der Waals surface area contributed by atoms with E-state index in [9.17, 15) is 0 Å². The Labute approximate surface area is 89.7 Å². The number of aryl methyl sites for hydroxylation is 1. The Kier molecular flexibility index (Phi) is 3.88. The third-order valence-electron chi connectivity index (χ3n) is 1.77. The van der Waals surface area contributed by atoms with Gasteiger partial charge in [-0.1, -0.05) is 0 Å². The van der Waals surface area contributed by atoms with Crippen molar-refractivity contribution in [1.82, 2.24) is 20.4 Å². The van der Waals surface area contributed by atoms with Crippen molar-refractivity contribution in [3.63, 3.8) is 0 Å². The fourth-order valence-corrected chi connectivity index (χ4v) is 1.37. The summed E-state index contributed by atoms with van der Waals surface area (Å²) in [5.74, 6) is 0. The summed E-state index contributed by atoms with van der Waals surface area (Å²) in [4.78, 5) is 0. The Bertz CT molecular complexity index is 306. The van der Waals surface area contributed by atoms with Gasteiger partial charge in [-0.15, -0.1) is 0 Å². The smallest absolute Gasteiger partial charge is 0.166 e. The van der Waals surface area contributed by atoms with Gasteiger partial charge in [-0.05, 0) is 32.1 Å². The number of hydrogen-bond donors (Lipinski definition) is 2. The minimum atomic E-state index is 0.363. The number of aromatic nitrogens is 2. The van der Waals surface area contributed by atoms with E-state index in [-0.39, 0.29) is 0 Å². The molecule has 0 radical (unpaired) electrons. The van der Waals surface area contributed by atoms with Crippen molar-refractivity contribution in [3.05, 3.63) is 18.0 Å². The van der Waals surface area contributed by atoms with Gasteiger partial charge in [0.25, 0.3) is 0 Å². The van der Waals surface area contributed by atoms with Gasteiger partial charge in [-0.25, -0.2) is 0 Å². The fraction of sp³-hybridized carbons (Fsp3) is 0.556. The predicted molar refractivity (Wildman–Crippen MR) is 60.9 cm³/mol. The van der Waals surface area contributed by atoms with Crippen LogP contribution < -0.4 is 10.6 Å². The Morgan fingerprint density at radius 3 is 2.86 bits per heavy atom. The van der Waals surface area contributed by atoms with Gasteiger partial charge in [0, 0.05) is 19.3 Å². The SMILES string of the molecule is CC(C)NC(=S)NCc1ccnn1C. The second-order valence-corrected chi connectivity index (χ2v) is 3.84. The number of nitrogens with zero attached hydrogens (tertiary/aromatic N) is 2. The standard InChI is InChI=1S/C9H16N4S/c1-7(2)12-9(14)10-6-8-4-5-11-13(8)3/h4-5,7H,6H2,1-3H3,(H2,10,12,14). The lowest BCUT2D eigenvalue weighted by Gasteiger charge is -2.12. The van der Waals surface area contributed by atoms with Crippen LogP contribution >= 0.6 is 12.2 Å². The van der Waals surface area contributed by atoms with Crippen molar-refractivity contribution in [2.45, 2.75) is 26.4 Å². The van der Waals surface area contributed by atoms with Crippen LogP contribution in [0, 0.1) is 0 Å². The van der Waals surface area contributed by atoms with Crippen LogP contribution in [0.4, 0.5) is 0 Å². The molecule has 0 aromatic carbocycles. The number of thiocarbonyl (C=S) groups is 1. The summed E-state index contributed by atoms with van der Waals surface area (Å²) in [7, 11) is 1.91. The first-order valence-electron chi connectivity index (χ1n) is 4.61. The van der Waals surface area contributed by atoms with E-state index in [0.717, 1.165) is 5.69 Å². The summed E-state index contributed by atoms with van der Waals surface area (Å²) in [6, 6.07) is 2.33. The maximum Gasteiger partial charge on any atom is 0.166 e. The van der Waals surface area contributed by atoms with Crippen molar-refractivity contribution in [1.29, 1.82) is 0 Å². The normalized spacial score (nSPS) is 10.3. The average molecular weight is 212 g/mol. The monoisotopic (exact) mass is 212 g/mol. The third-order valence-corrected chi connectivity index (χ3v) is 2.03. The van der Waals surface area contributed by atoms with E-state index < -0.39 is 0 Å². The van der Waals surface area contributed by atoms with E-state index in [1.54, 1.807) is 6.20 Å². The van der Waals surface area contributed by atoms with Gasteiger partial charge in [0.2, 0.25) is 0 Å². The molecule has 14 heavy (non-hydrogen) atoms. The molecule has 78 valence electrons. The summed E-state index contributed by atoms with van der Waals surface area (Å²) in [5, 5.41) is 11.0. The molecular weight excluding hydrogens is 196 g/mol. The maximum atomic E-state index is 5.09. The molecule has 0 saturated heterocycles. The summed E-state index contributed by atoms with van der Waals surface area (Å²) >= 11 is 5.09. The zero-order chi connectivity index (χ0) is 10.6. The average Bonchev–Trinajstić information content (AvgIpc) is 2.46. The molecule has 0 amide bonds. The van der Waals surface area contributed by atoms with Crippen molar-refractivity contribution in [2.75, 3.05) is 0 Å². The first kappa shape index (κ1) is 11.0. The molecule has 0 spiro atoms. The van der Waals surface area contributed by atoms with E-state index in [1.807, 2.05) is 17.8 Å². The molecule has 0 fully saturated rings. The van der Waals surface area contributed by atoms with Crippen molar-refractivity contribution in [2.24, 2.45) is 7.05 Å². The molecule has 0 bridgehead atoms. The van der Waals surface area contributed by atoms with Gasteiger partial charge >= 0.3 is 0 Å². The lowest BCUT2D eigenvalue weighted by Crippen LogP contribution is -2.39. The van der Waals surface area contributed by atoms with Gasteiger partial charge < -0.3 is 10.6 Å². The second kappa shape index (κ2) is 4.95. The molecule has 1 rings (SSSR count).